The first-order valence-electron chi connectivity index (χ1n) is 8.08. The summed E-state index contributed by atoms with van der Waals surface area (Å²) in [6.45, 7) is 6.42. The van der Waals surface area contributed by atoms with E-state index in [1.54, 1.807) is 6.07 Å². The van der Waals surface area contributed by atoms with Crippen LogP contribution in [0.25, 0.3) is 10.9 Å². The van der Waals surface area contributed by atoms with E-state index in [0.29, 0.717) is 24.0 Å². The molecule has 1 aromatic heterocycles. The smallest absolute Gasteiger partial charge is 0.251 e. The first-order chi connectivity index (χ1) is 11.5. The summed E-state index contributed by atoms with van der Waals surface area (Å²) in [5.41, 5.74) is 5.37. The lowest BCUT2D eigenvalue weighted by Gasteiger charge is -2.07. The predicted molar refractivity (Wildman–Crippen MR) is 94.9 cm³/mol. The van der Waals surface area contributed by atoms with Crippen LogP contribution in [0, 0.1) is 26.6 Å². The monoisotopic (exact) mass is 324 g/mol. The van der Waals surface area contributed by atoms with Crippen molar-refractivity contribution in [1.29, 1.82) is 0 Å². The van der Waals surface area contributed by atoms with E-state index in [0.717, 1.165) is 27.8 Å². The van der Waals surface area contributed by atoms with Gasteiger partial charge in [-0.3, -0.25) is 4.79 Å². The number of carbonyl (C=O) groups is 1. The van der Waals surface area contributed by atoms with Gasteiger partial charge in [0.15, 0.2) is 0 Å². The summed E-state index contributed by atoms with van der Waals surface area (Å²) in [5.74, 6) is -0.330. The summed E-state index contributed by atoms with van der Waals surface area (Å²) in [4.78, 5) is 15.3. The number of aryl methyl sites for hydroxylation is 3. The van der Waals surface area contributed by atoms with Gasteiger partial charge in [0.25, 0.3) is 5.91 Å². The Labute approximate surface area is 140 Å². The minimum Gasteiger partial charge on any atom is -0.356 e. The van der Waals surface area contributed by atoms with Crippen LogP contribution in [0.2, 0.25) is 0 Å². The summed E-state index contributed by atoms with van der Waals surface area (Å²) in [6, 6.07) is 10.8. The molecule has 0 atom stereocenters. The standard InChI is InChI=1S/C20H21FN2O/c1-12-4-7-15(8-5-12)20(24)22-11-10-16-14(3)23-19-17(21)9-6-13(2)18(16)19/h4-9,23H,10-11H2,1-3H3,(H,22,24). The lowest BCUT2D eigenvalue weighted by atomic mass is 10.0. The maximum atomic E-state index is 14.0. The van der Waals surface area contributed by atoms with E-state index < -0.39 is 0 Å². The molecular weight excluding hydrogens is 303 g/mol. The summed E-state index contributed by atoms with van der Waals surface area (Å²) < 4.78 is 14.0. The molecule has 0 unspecified atom stereocenters. The van der Waals surface area contributed by atoms with Crippen molar-refractivity contribution in [2.75, 3.05) is 6.54 Å². The molecule has 0 bridgehead atoms. The number of rotatable bonds is 4. The van der Waals surface area contributed by atoms with E-state index >= 15 is 0 Å². The van der Waals surface area contributed by atoms with E-state index in [4.69, 9.17) is 0 Å². The van der Waals surface area contributed by atoms with Crippen LogP contribution in [0.15, 0.2) is 36.4 Å². The second-order valence-corrected chi connectivity index (χ2v) is 6.21. The van der Waals surface area contributed by atoms with E-state index in [1.165, 1.54) is 6.07 Å². The average molecular weight is 324 g/mol. The largest absolute Gasteiger partial charge is 0.356 e. The van der Waals surface area contributed by atoms with Crippen LogP contribution in [-0.4, -0.2) is 17.4 Å². The SMILES string of the molecule is Cc1ccc(C(=O)NCCc2c(C)[nH]c3c(F)ccc(C)c23)cc1. The van der Waals surface area contributed by atoms with E-state index in [-0.39, 0.29) is 11.7 Å². The van der Waals surface area contributed by atoms with Crippen molar-refractivity contribution in [3.8, 4) is 0 Å². The Morgan fingerprint density at radius 1 is 1.08 bits per heavy atom. The predicted octanol–water partition coefficient (Wildman–Crippen LogP) is 4.20. The molecule has 3 aromatic rings. The van der Waals surface area contributed by atoms with Crippen molar-refractivity contribution in [1.82, 2.24) is 10.3 Å². The van der Waals surface area contributed by atoms with E-state index in [2.05, 4.69) is 10.3 Å². The maximum absolute atomic E-state index is 14.0. The zero-order valence-electron chi connectivity index (χ0n) is 14.2. The highest BCUT2D eigenvalue weighted by Crippen LogP contribution is 2.27. The van der Waals surface area contributed by atoms with Crippen LogP contribution in [0.1, 0.15) is 32.7 Å². The Morgan fingerprint density at radius 3 is 2.50 bits per heavy atom. The molecule has 3 nitrogen and oxygen atoms in total. The van der Waals surface area contributed by atoms with Gasteiger partial charge in [-0.15, -0.1) is 0 Å². The second-order valence-electron chi connectivity index (χ2n) is 6.21. The van der Waals surface area contributed by atoms with Gasteiger partial charge in [-0.05, 0) is 56.5 Å². The molecule has 124 valence electrons. The number of benzene rings is 2. The maximum Gasteiger partial charge on any atom is 0.251 e. The zero-order valence-corrected chi connectivity index (χ0v) is 14.2. The average Bonchev–Trinajstić information content (AvgIpc) is 2.90. The zero-order chi connectivity index (χ0) is 17.3. The quantitative estimate of drug-likeness (QED) is 0.742. The molecule has 0 aliphatic heterocycles. The molecule has 24 heavy (non-hydrogen) atoms. The number of aromatic nitrogens is 1. The third-order valence-corrected chi connectivity index (χ3v) is 4.40. The molecule has 0 saturated carbocycles. The molecule has 2 N–H and O–H groups in total. The number of nitrogens with one attached hydrogen (secondary N) is 2. The molecule has 4 heteroatoms. The van der Waals surface area contributed by atoms with Crippen LogP contribution in [-0.2, 0) is 6.42 Å². The molecular formula is C20H21FN2O. The normalized spacial score (nSPS) is 11.0. The van der Waals surface area contributed by atoms with Gasteiger partial charge in [-0.1, -0.05) is 23.8 Å². The lowest BCUT2D eigenvalue weighted by molar-refractivity contribution is 0.0954. The number of H-pyrrole nitrogens is 1. The summed E-state index contributed by atoms with van der Waals surface area (Å²) in [6.07, 6.45) is 0.660. The molecule has 0 radical (unpaired) electrons. The Balaban J connectivity index is 1.74. The number of halogens is 1. The Hall–Kier alpha value is -2.62. The second kappa shape index (κ2) is 6.48. The van der Waals surface area contributed by atoms with Gasteiger partial charge < -0.3 is 10.3 Å². The van der Waals surface area contributed by atoms with Gasteiger partial charge in [0, 0.05) is 23.2 Å². The number of hydrogen-bond acceptors (Lipinski definition) is 1. The number of carbonyl (C=O) groups excluding carboxylic acids is 1. The van der Waals surface area contributed by atoms with E-state index in [1.807, 2.05) is 45.0 Å². The van der Waals surface area contributed by atoms with Crippen molar-refractivity contribution in [3.05, 3.63) is 70.2 Å². The van der Waals surface area contributed by atoms with Gasteiger partial charge in [0.05, 0.1) is 5.52 Å². The molecule has 0 aliphatic rings. The first kappa shape index (κ1) is 16.2. The van der Waals surface area contributed by atoms with Crippen LogP contribution in [0.4, 0.5) is 4.39 Å². The molecule has 0 aliphatic carbocycles. The number of hydrogen-bond donors (Lipinski definition) is 2. The van der Waals surface area contributed by atoms with Gasteiger partial charge in [-0.2, -0.15) is 0 Å². The minimum atomic E-state index is -0.242. The van der Waals surface area contributed by atoms with Crippen LogP contribution in [0.3, 0.4) is 0 Å². The van der Waals surface area contributed by atoms with Crippen molar-refractivity contribution in [3.63, 3.8) is 0 Å². The third-order valence-electron chi connectivity index (χ3n) is 4.40. The highest BCUT2D eigenvalue weighted by molar-refractivity contribution is 5.94. The molecule has 3 rings (SSSR count). The molecule has 0 saturated heterocycles. The van der Waals surface area contributed by atoms with Crippen molar-refractivity contribution in [2.45, 2.75) is 27.2 Å². The fraction of sp³-hybridized carbons (Fsp3) is 0.250. The summed E-state index contributed by atoms with van der Waals surface area (Å²) >= 11 is 0. The Kier molecular flexibility index (Phi) is 4.38. The number of fused-ring (bicyclic) bond motifs is 1. The van der Waals surface area contributed by atoms with Crippen molar-refractivity contribution >= 4 is 16.8 Å². The van der Waals surface area contributed by atoms with E-state index in [9.17, 15) is 9.18 Å². The molecule has 1 heterocycles. The topological polar surface area (TPSA) is 44.9 Å². The molecule has 0 spiro atoms. The lowest BCUT2D eigenvalue weighted by Crippen LogP contribution is -2.25. The Morgan fingerprint density at radius 2 is 1.79 bits per heavy atom. The fourth-order valence-corrected chi connectivity index (χ4v) is 3.06. The van der Waals surface area contributed by atoms with Gasteiger partial charge in [0.2, 0.25) is 0 Å². The van der Waals surface area contributed by atoms with Crippen LogP contribution < -0.4 is 5.32 Å². The summed E-state index contributed by atoms with van der Waals surface area (Å²) in [5, 5.41) is 3.86. The molecule has 0 fully saturated rings. The van der Waals surface area contributed by atoms with Crippen LogP contribution in [0.5, 0.6) is 0 Å². The highest BCUT2D eigenvalue weighted by atomic mass is 19.1. The summed E-state index contributed by atoms with van der Waals surface area (Å²) in [7, 11) is 0. The number of amides is 1. The first-order valence-corrected chi connectivity index (χ1v) is 8.08. The minimum absolute atomic E-state index is 0.0876. The Bertz CT molecular complexity index is 894. The third kappa shape index (κ3) is 3.04. The number of aromatic amines is 1. The molecule has 1 amide bonds. The fourth-order valence-electron chi connectivity index (χ4n) is 3.06. The molecule has 2 aromatic carbocycles. The van der Waals surface area contributed by atoms with Gasteiger partial charge >= 0.3 is 0 Å². The highest BCUT2D eigenvalue weighted by Gasteiger charge is 2.14. The van der Waals surface area contributed by atoms with Crippen LogP contribution >= 0.6 is 0 Å². The van der Waals surface area contributed by atoms with Crippen molar-refractivity contribution in [2.24, 2.45) is 0 Å². The van der Waals surface area contributed by atoms with Crippen molar-refractivity contribution < 1.29 is 9.18 Å². The van der Waals surface area contributed by atoms with Gasteiger partial charge in [-0.25, -0.2) is 4.39 Å². The van der Waals surface area contributed by atoms with Gasteiger partial charge in [0.1, 0.15) is 5.82 Å².